The molecule has 0 saturated carbocycles. The van der Waals surface area contributed by atoms with Crippen LogP contribution in [0.15, 0.2) is 53.9 Å². The van der Waals surface area contributed by atoms with E-state index in [0.717, 1.165) is 11.4 Å². The van der Waals surface area contributed by atoms with Crippen molar-refractivity contribution in [2.24, 2.45) is 0 Å². The molecule has 0 aliphatic rings. The van der Waals surface area contributed by atoms with Gasteiger partial charge >= 0.3 is 0 Å². The number of halogens is 2. The molecule has 0 amide bonds. The number of fused-ring (bicyclic) bond motifs is 1. The Bertz CT molecular complexity index is 700. The summed E-state index contributed by atoms with van der Waals surface area (Å²) in [6.45, 7) is 0. The first kappa shape index (κ1) is 13.9. The maximum atomic E-state index is 6.18. The minimum atomic E-state index is 0.326. The van der Waals surface area contributed by atoms with Crippen LogP contribution >= 0.6 is 34.5 Å². The van der Waals surface area contributed by atoms with Crippen LogP contribution < -0.4 is 0 Å². The average Bonchev–Trinajstić information content (AvgIpc) is 2.89. The molecule has 0 fully saturated rings. The van der Waals surface area contributed by atoms with E-state index in [1.807, 2.05) is 12.1 Å². The number of thiophene rings is 1. The summed E-state index contributed by atoms with van der Waals surface area (Å²) in [5.74, 6) is 0.943. The van der Waals surface area contributed by atoms with Crippen molar-refractivity contribution in [2.45, 2.75) is 12.3 Å². The molecule has 0 radical (unpaired) electrons. The Hall–Kier alpha value is -1.02. The molecule has 0 nitrogen and oxygen atoms in total. The molecular weight excluding hydrogens is 307 g/mol. The average molecular weight is 321 g/mol. The third-order valence-electron chi connectivity index (χ3n) is 3.56. The van der Waals surface area contributed by atoms with Crippen molar-refractivity contribution in [3.8, 4) is 0 Å². The van der Waals surface area contributed by atoms with Gasteiger partial charge < -0.3 is 0 Å². The highest BCUT2D eigenvalue weighted by atomic mass is 35.5. The summed E-state index contributed by atoms with van der Waals surface area (Å²) in [6.07, 6.45) is 0.967. The molecule has 20 heavy (non-hydrogen) atoms. The van der Waals surface area contributed by atoms with E-state index in [4.69, 9.17) is 23.2 Å². The minimum Gasteiger partial charge on any atom is -0.144 e. The zero-order chi connectivity index (χ0) is 13.9. The topological polar surface area (TPSA) is 0 Å². The smallest absolute Gasteiger partial charge is 0.0406 e. The molecule has 1 heterocycles. The number of benzene rings is 2. The molecular formula is C17H14Cl2S. The molecule has 1 atom stereocenters. The molecule has 1 unspecified atom stereocenters. The fourth-order valence-electron chi connectivity index (χ4n) is 2.45. The molecule has 0 aliphatic heterocycles. The second-order valence-electron chi connectivity index (χ2n) is 4.86. The van der Waals surface area contributed by atoms with Crippen LogP contribution in [0.4, 0.5) is 0 Å². The van der Waals surface area contributed by atoms with Gasteiger partial charge in [0.25, 0.3) is 0 Å². The van der Waals surface area contributed by atoms with E-state index >= 15 is 0 Å². The molecule has 0 spiro atoms. The largest absolute Gasteiger partial charge is 0.144 e. The quantitative estimate of drug-likeness (QED) is 0.508. The van der Waals surface area contributed by atoms with Gasteiger partial charge in [-0.3, -0.25) is 0 Å². The zero-order valence-electron chi connectivity index (χ0n) is 10.9. The number of rotatable bonds is 4. The van der Waals surface area contributed by atoms with Gasteiger partial charge in [-0.1, -0.05) is 41.9 Å². The third-order valence-corrected chi connectivity index (χ3v) is 5.19. The van der Waals surface area contributed by atoms with Gasteiger partial charge in [-0.05, 0) is 46.5 Å². The molecule has 102 valence electrons. The maximum absolute atomic E-state index is 6.18. The van der Waals surface area contributed by atoms with E-state index in [1.54, 1.807) is 11.3 Å². The van der Waals surface area contributed by atoms with Crippen LogP contribution in [-0.2, 0) is 6.42 Å². The zero-order valence-corrected chi connectivity index (χ0v) is 13.2. The molecule has 0 saturated heterocycles. The van der Waals surface area contributed by atoms with Crippen molar-refractivity contribution in [1.82, 2.24) is 0 Å². The Morgan fingerprint density at radius 3 is 2.50 bits per heavy atom. The van der Waals surface area contributed by atoms with Gasteiger partial charge in [0.15, 0.2) is 0 Å². The number of hydrogen-bond acceptors (Lipinski definition) is 1. The van der Waals surface area contributed by atoms with Crippen LogP contribution in [0.1, 0.15) is 17.0 Å². The number of alkyl halides is 1. The summed E-state index contributed by atoms with van der Waals surface area (Å²) in [6, 6.07) is 16.5. The molecule has 3 heteroatoms. The van der Waals surface area contributed by atoms with Crippen molar-refractivity contribution >= 4 is 44.6 Å². The lowest BCUT2D eigenvalue weighted by Gasteiger charge is -2.14. The van der Waals surface area contributed by atoms with Gasteiger partial charge in [-0.2, -0.15) is 0 Å². The minimum absolute atomic E-state index is 0.326. The van der Waals surface area contributed by atoms with Crippen molar-refractivity contribution in [3.05, 3.63) is 70.1 Å². The standard InChI is InChI=1S/C17H14Cl2S/c18-10-13(12-5-7-15(19)8-6-12)9-14-11-20-17-4-2-1-3-16(14)17/h1-8,11,13H,9-10H2. The van der Waals surface area contributed by atoms with Crippen LogP contribution in [0, 0.1) is 0 Å². The SMILES string of the molecule is ClCC(Cc1csc2ccccc12)c1ccc(Cl)cc1. The lowest BCUT2D eigenvalue weighted by molar-refractivity contribution is 0.772. The van der Waals surface area contributed by atoms with Crippen LogP contribution in [0.25, 0.3) is 10.1 Å². The van der Waals surface area contributed by atoms with E-state index in [-0.39, 0.29) is 0 Å². The second kappa shape index (κ2) is 6.17. The molecule has 2 aromatic carbocycles. The highest BCUT2D eigenvalue weighted by Gasteiger charge is 2.14. The lowest BCUT2D eigenvalue weighted by Crippen LogP contribution is -2.04. The van der Waals surface area contributed by atoms with Gasteiger partial charge in [-0.25, -0.2) is 0 Å². The predicted molar refractivity (Wildman–Crippen MR) is 90.4 cm³/mol. The molecule has 0 N–H and O–H groups in total. The highest BCUT2D eigenvalue weighted by Crippen LogP contribution is 2.31. The van der Waals surface area contributed by atoms with Crippen LogP contribution in [-0.4, -0.2) is 5.88 Å². The van der Waals surface area contributed by atoms with Crippen molar-refractivity contribution in [2.75, 3.05) is 5.88 Å². The summed E-state index contributed by atoms with van der Waals surface area (Å²) in [5.41, 5.74) is 2.63. The van der Waals surface area contributed by atoms with Crippen LogP contribution in [0.2, 0.25) is 5.02 Å². The third kappa shape index (κ3) is 2.85. The number of hydrogen-bond donors (Lipinski definition) is 0. The predicted octanol–water partition coefficient (Wildman–Crippen LogP) is 6.12. The van der Waals surface area contributed by atoms with Crippen molar-refractivity contribution < 1.29 is 0 Å². The van der Waals surface area contributed by atoms with Crippen molar-refractivity contribution in [3.63, 3.8) is 0 Å². The fourth-order valence-corrected chi connectivity index (χ4v) is 3.84. The monoisotopic (exact) mass is 320 g/mol. The molecule has 3 aromatic rings. The first-order valence-corrected chi connectivity index (χ1v) is 8.33. The first-order chi connectivity index (χ1) is 9.78. The second-order valence-corrected chi connectivity index (χ2v) is 6.52. The summed E-state index contributed by atoms with van der Waals surface area (Å²) in [4.78, 5) is 0. The van der Waals surface area contributed by atoms with Crippen LogP contribution in [0.5, 0.6) is 0 Å². The Labute approximate surface area is 133 Å². The van der Waals surface area contributed by atoms with Crippen LogP contribution in [0.3, 0.4) is 0 Å². The van der Waals surface area contributed by atoms with E-state index in [1.165, 1.54) is 21.2 Å². The van der Waals surface area contributed by atoms with Gasteiger partial charge in [0.2, 0.25) is 0 Å². The van der Waals surface area contributed by atoms with E-state index in [2.05, 4.69) is 41.8 Å². The first-order valence-electron chi connectivity index (χ1n) is 6.54. The Morgan fingerprint density at radius 2 is 1.75 bits per heavy atom. The van der Waals surface area contributed by atoms with Gasteiger partial charge in [0.05, 0.1) is 0 Å². The van der Waals surface area contributed by atoms with Gasteiger partial charge in [0.1, 0.15) is 0 Å². The summed E-state index contributed by atoms with van der Waals surface area (Å²) in [7, 11) is 0. The molecule has 1 aromatic heterocycles. The Kier molecular flexibility index (Phi) is 4.30. The normalized spacial score (nSPS) is 12.7. The Morgan fingerprint density at radius 1 is 1.00 bits per heavy atom. The summed E-state index contributed by atoms with van der Waals surface area (Å²) in [5, 5.41) is 4.37. The fraction of sp³-hybridized carbons (Fsp3) is 0.176. The van der Waals surface area contributed by atoms with Gasteiger partial charge in [-0.15, -0.1) is 22.9 Å². The highest BCUT2D eigenvalue weighted by molar-refractivity contribution is 7.17. The van der Waals surface area contributed by atoms with Crippen molar-refractivity contribution in [1.29, 1.82) is 0 Å². The van der Waals surface area contributed by atoms with E-state index in [9.17, 15) is 0 Å². The lowest BCUT2D eigenvalue weighted by atomic mass is 9.93. The summed E-state index contributed by atoms with van der Waals surface area (Å²) < 4.78 is 1.34. The molecule has 0 bridgehead atoms. The maximum Gasteiger partial charge on any atom is 0.0406 e. The van der Waals surface area contributed by atoms with E-state index in [0.29, 0.717) is 11.8 Å². The Balaban J connectivity index is 1.89. The molecule has 3 rings (SSSR count). The van der Waals surface area contributed by atoms with E-state index < -0.39 is 0 Å². The molecule has 0 aliphatic carbocycles. The van der Waals surface area contributed by atoms with Gasteiger partial charge in [0, 0.05) is 21.5 Å². The summed E-state index contributed by atoms with van der Waals surface area (Å²) >= 11 is 13.9.